The number of hydrogen-bond acceptors (Lipinski definition) is 0. The lowest BCUT2D eigenvalue weighted by atomic mass is 10.2. The molecule has 74 valence electrons. The Balaban J connectivity index is 0.000000293. The van der Waals surface area contributed by atoms with Crippen LogP contribution < -0.4 is 10.4 Å². The van der Waals surface area contributed by atoms with Crippen LogP contribution in [0.25, 0.3) is 12.2 Å². The summed E-state index contributed by atoms with van der Waals surface area (Å²) in [5, 5.41) is 2.67. The molecule has 0 N–H and O–H groups in total. The van der Waals surface area contributed by atoms with Gasteiger partial charge in [0.1, 0.15) is 0 Å². The second-order valence-electron chi connectivity index (χ2n) is 3.37. The highest BCUT2D eigenvalue weighted by Gasteiger charge is 1.84. The minimum Gasteiger partial charge on any atom is -0.0807 e. The monoisotopic (exact) mass is 186 g/mol. The van der Waals surface area contributed by atoms with Crippen LogP contribution in [0.4, 0.5) is 0 Å². The standard InChI is InChI=1S/C11H10.C3H8/c1-2-6-10-8-4-5-9-11(10)7-3-1;1-3-2/h1-2,4-9H,3H2;3H2,1-2H3. The third-order valence-electron chi connectivity index (χ3n) is 1.88. The first-order valence-electron chi connectivity index (χ1n) is 5.30. The summed E-state index contributed by atoms with van der Waals surface area (Å²) in [6, 6.07) is 8.44. The highest BCUT2D eigenvalue weighted by atomic mass is 13.9. The predicted molar refractivity (Wildman–Crippen MR) is 64.3 cm³/mol. The Morgan fingerprint density at radius 1 is 1.07 bits per heavy atom. The van der Waals surface area contributed by atoms with Gasteiger partial charge in [0.15, 0.2) is 0 Å². The summed E-state index contributed by atoms with van der Waals surface area (Å²) in [6.45, 7) is 4.25. The summed E-state index contributed by atoms with van der Waals surface area (Å²) in [4.78, 5) is 0. The molecule has 0 fully saturated rings. The molecule has 0 atom stereocenters. The fraction of sp³-hybridized carbons (Fsp3) is 0.286. The highest BCUT2D eigenvalue weighted by molar-refractivity contribution is 5.43. The zero-order valence-corrected chi connectivity index (χ0v) is 9.03. The zero-order valence-electron chi connectivity index (χ0n) is 9.03. The van der Waals surface area contributed by atoms with Gasteiger partial charge in [-0.25, -0.2) is 0 Å². The van der Waals surface area contributed by atoms with E-state index in [-0.39, 0.29) is 0 Å². The van der Waals surface area contributed by atoms with Crippen molar-refractivity contribution >= 4 is 12.2 Å². The Morgan fingerprint density at radius 2 is 1.71 bits per heavy atom. The molecule has 1 aromatic carbocycles. The molecule has 0 aliphatic heterocycles. The van der Waals surface area contributed by atoms with Crippen molar-refractivity contribution in [1.29, 1.82) is 0 Å². The largest absolute Gasteiger partial charge is 0.0807 e. The van der Waals surface area contributed by atoms with Crippen LogP contribution in [0.5, 0.6) is 0 Å². The Bertz CT molecular complexity index is 396. The van der Waals surface area contributed by atoms with Crippen molar-refractivity contribution in [3.63, 3.8) is 0 Å². The van der Waals surface area contributed by atoms with E-state index in [2.05, 4.69) is 62.4 Å². The molecule has 0 heteroatoms. The average molecular weight is 186 g/mol. The van der Waals surface area contributed by atoms with Crippen LogP contribution in [0, 0.1) is 0 Å². The minimum absolute atomic E-state index is 1.05. The molecule has 0 unspecified atom stereocenters. The molecular weight excluding hydrogens is 168 g/mol. The van der Waals surface area contributed by atoms with Crippen LogP contribution >= 0.6 is 0 Å². The van der Waals surface area contributed by atoms with Crippen LogP contribution in [-0.2, 0) is 0 Å². The molecule has 0 radical (unpaired) electrons. The summed E-state index contributed by atoms with van der Waals surface area (Å²) < 4.78 is 0. The van der Waals surface area contributed by atoms with E-state index in [4.69, 9.17) is 0 Å². The van der Waals surface area contributed by atoms with E-state index in [1.165, 1.54) is 16.9 Å². The fourth-order valence-electron chi connectivity index (χ4n) is 1.29. The quantitative estimate of drug-likeness (QED) is 0.584. The Hall–Kier alpha value is -1.30. The van der Waals surface area contributed by atoms with Gasteiger partial charge in [-0.05, 0) is 16.9 Å². The van der Waals surface area contributed by atoms with Crippen LogP contribution in [0.2, 0.25) is 0 Å². The molecule has 0 bridgehead atoms. The molecule has 0 aromatic heterocycles. The van der Waals surface area contributed by atoms with Gasteiger partial charge in [0.2, 0.25) is 0 Å². The molecule has 1 aliphatic carbocycles. The van der Waals surface area contributed by atoms with Crippen LogP contribution in [-0.4, -0.2) is 0 Å². The van der Waals surface area contributed by atoms with Gasteiger partial charge in [-0.15, -0.1) is 0 Å². The second kappa shape index (κ2) is 6.20. The highest BCUT2D eigenvalue weighted by Crippen LogP contribution is 1.87. The molecule has 0 heterocycles. The van der Waals surface area contributed by atoms with E-state index in [0.717, 1.165) is 6.42 Å². The maximum atomic E-state index is 2.25. The first-order chi connectivity index (χ1) is 6.88. The molecule has 0 spiro atoms. The lowest BCUT2D eigenvalue weighted by molar-refractivity contribution is 1.09. The van der Waals surface area contributed by atoms with Gasteiger partial charge in [-0.2, -0.15) is 0 Å². The van der Waals surface area contributed by atoms with E-state index in [0.29, 0.717) is 0 Å². The molecule has 14 heavy (non-hydrogen) atoms. The Labute approximate surface area is 86.3 Å². The van der Waals surface area contributed by atoms with Gasteiger partial charge in [0, 0.05) is 0 Å². The molecule has 0 nitrogen and oxygen atoms in total. The van der Waals surface area contributed by atoms with Gasteiger partial charge < -0.3 is 0 Å². The van der Waals surface area contributed by atoms with Crippen molar-refractivity contribution in [2.45, 2.75) is 26.7 Å². The molecule has 0 amide bonds. The molecule has 1 aliphatic rings. The van der Waals surface area contributed by atoms with E-state index in [1.807, 2.05) is 0 Å². The number of rotatable bonds is 0. The van der Waals surface area contributed by atoms with Gasteiger partial charge in [-0.1, -0.05) is 68.8 Å². The van der Waals surface area contributed by atoms with E-state index >= 15 is 0 Å². The normalized spacial score (nSPS) is 12.4. The Kier molecular flexibility index (Phi) is 4.77. The maximum absolute atomic E-state index is 2.25. The van der Waals surface area contributed by atoms with E-state index < -0.39 is 0 Å². The first kappa shape index (κ1) is 10.8. The number of allylic oxidation sites excluding steroid dienone is 2. The number of hydrogen-bond donors (Lipinski definition) is 0. The van der Waals surface area contributed by atoms with Crippen molar-refractivity contribution in [3.8, 4) is 0 Å². The summed E-state index contributed by atoms with van der Waals surface area (Å²) >= 11 is 0. The van der Waals surface area contributed by atoms with Crippen LogP contribution in [0.3, 0.4) is 0 Å². The molecule has 0 saturated carbocycles. The van der Waals surface area contributed by atoms with Crippen molar-refractivity contribution in [3.05, 3.63) is 46.9 Å². The van der Waals surface area contributed by atoms with Crippen molar-refractivity contribution in [2.24, 2.45) is 0 Å². The third kappa shape index (κ3) is 3.21. The van der Waals surface area contributed by atoms with Gasteiger partial charge in [0.25, 0.3) is 0 Å². The first-order valence-corrected chi connectivity index (χ1v) is 5.30. The summed E-state index contributed by atoms with van der Waals surface area (Å²) in [6.07, 6.45) is 11.0. The van der Waals surface area contributed by atoms with E-state index in [9.17, 15) is 0 Å². The van der Waals surface area contributed by atoms with Crippen molar-refractivity contribution in [1.82, 2.24) is 0 Å². The Morgan fingerprint density at radius 3 is 2.43 bits per heavy atom. The predicted octanol–water partition coefficient (Wildman–Crippen LogP) is 2.62. The number of benzene rings is 1. The summed E-state index contributed by atoms with van der Waals surface area (Å²) in [7, 11) is 0. The van der Waals surface area contributed by atoms with Crippen LogP contribution in [0.15, 0.2) is 36.4 Å². The lowest BCUT2D eigenvalue weighted by Gasteiger charge is -1.85. The SMILES string of the molecule is C1=CCC=c2ccccc2=C1.CCC. The average Bonchev–Trinajstić information content (AvgIpc) is 2.43. The lowest BCUT2D eigenvalue weighted by Crippen LogP contribution is -2.22. The van der Waals surface area contributed by atoms with Crippen molar-refractivity contribution < 1.29 is 0 Å². The fourth-order valence-corrected chi connectivity index (χ4v) is 1.29. The summed E-state index contributed by atoms with van der Waals surface area (Å²) in [5.41, 5.74) is 0. The van der Waals surface area contributed by atoms with Gasteiger partial charge in [-0.3, -0.25) is 0 Å². The topological polar surface area (TPSA) is 0 Å². The molecular formula is C14H18. The smallest absolute Gasteiger partial charge is 0.0157 e. The zero-order chi connectivity index (χ0) is 10.2. The van der Waals surface area contributed by atoms with Gasteiger partial charge in [0.05, 0.1) is 0 Å². The molecule has 2 rings (SSSR count). The van der Waals surface area contributed by atoms with Gasteiger partial charge >= 0.3 is 0 Å². The van der Waals surface area contributed by atoms with Crippen molar-refractivity contribution in [2.75, 3.05) is 0 Å². The maximum Gasteiger partial charge on any atom is -0.0157 e. The van der Waals surface area contributed by atoms with Crippen LogP contribution in [0.1, 0.15) is 26.7 Å². The summed E-state index contributed by atoms with van der Waals surface area (Å²) in [5.74, 6) is 0. The molecule has 1 aromatic rings. The minimum atomic E-state index is 1.05. The number of fused-ring (bicyclic) bond motifs is 1. The third-order valence-corrected chi connectivity index (χ3v) is 1.88. The second-order valence-corrected chi connectivity index (χ2v) is 3.37. The molecule has 0 saturated heterocycles. The van der Waals surface area contributed by atoms with E-state index in [1.54, 1.807) is 0 Å².